The van der Waals surface area contributed by atoms with Crippen LogP contribution < -0.4 is 10.2 Å². The number of anilines is 1. The summed E-state index contributed by atoms with van der Waals surface area (Å²) in [5, 5.41) is 16.6. The lowest BCUT2D eigenvalue weighted by atomic mass is 9.82. The molecule has 0 bridgehead atoms. The van der Waals surface area contributed by atoms with E-state index in [2.05, 4.69) is 62.7 Å². The number of hydrogen-bond acceptors (Lipinski definition) is 6. The van der Waals surface area contributed by atoms with Gasteiger partial charge in [-0.25, -0.2) is 0 Å². The second-order valence-corrected chi connectivity index (χ2v) is 9.84. The minimum absolute atomic E-state index is 0.0958. The molecule has 0 radical (unpaired) electrons. The molecule has 1 aliphatic heterocycles. The van der Waals surface area contributed by atoms with E-state index in [1.165, 1.54) is 18.4 Å². The van der Waals surface area contributed by atoms with Crippen molar-refractivity contribution < 1.29 is 4.79 Å². The quantitative estimate of drug-likeness (QED) is 0.583. The third-order valence-electron chi connectivity index (χ3n) is 7.30. The normalized spacial score (nSPS) is 21.6. The number of benzene rings is 1. The maximum atomic E-state index is 12.7. The van der Waals surface area contributed by atoms with Crippen molar-refractivity contribution >= 4 is 17.4 Å². The predicted molar refractivity (Wildman–Crippen MR) is 133 cm³/mol. The molecule has 1 saturated heterocycles. The van der Waals surface area contributed by atoms with Gasteiger partial charge in [0.1, 0.15) is 5.82 Å². The molecule has 3 aromatic rings. The lowest BCUT2D eigenvalue weighted by Crippen LogP contribution is -2.45. The zero-order valence-electron chi connectivity index (χ0n) is 20.1. The number of aromatic nitrogens is 4. The number of carbonyl (C=O) groups excluding carboxylic acids is 1. The SMILES string of the molecule is CN1CCN(c2ccc3nnc(CCC(=O)NC4CCC(Cc5ccccc5)CC4)n3n2)CC1. The Hall–Kier alpha value is -3.00. The van der Waals surface area contributed by atoms with Gasteiger partial charge in [0.2, 0.25) is 5.91 Å². The van der Waals surface area contributed by atoms with Gasteiger partial charge in [0.15, 0.2) is 11.5 Å². The summed E-state index contributed by atoms with van der Waals surface area (Å²) in [4.78, 5) is 17.3. The van der Waals surface area contributed by atoms with Crippen LogP contribution in [0.4, 0.5) is 5.82 Å². The molecule has 180 valence electrons. The number of carbonyl (C=O) groups is 1. The number of amides is 1. The monoisotopic (exact) mass is 461 g/mol. The first-order valence-corrected chi connectivity index (χ1v) is 12.6. The van der Waals surface area contributed by atoms with Gasteiger partial charge in [-0.2, -0.15) is 4.52 Å². The fourth-order valence-corrected chi connectivity index (χ4v) is 5.17. The van der Waals surface area contributed by atoms with E-state index in [0.717, 1.165) is 68.6 Å². The van der Waals surface area contributed by atoms with Gasteiger partial charge in [-0.3, -0.25) is 4.79 Å². The van der Waals surface area contributed by atoms with Gasteiger partial charge in [0.25, 0.3) is 0 Å². The molecule has 3 heterocycles. The molecule has 1 saturated carbocycles. The van der Waals surface area contributed by atoms with Crippen molar-refractivity contribution in [3.8, 4) is 0 Å². The molecule has 8 heteroatoms. The van der Waals surface area contributed by atoms with Gasteiger partial charge in [-0.1, -0.05) is 30.3 Å². The Balaban J connectivity index is 1.11. The van der Waals surface area contributed by atoms with Crippen molar-refractivity contribution in [2.45, 2.75) is 51.0 Å². The Morgan fingerprint density at radius 3 is 2.50 bits per heavy atom. The maximum absolute atomic E-state index is 12.7. The number of fused-ring (bicyclic) bond motifs is 1. The second-order valence-electron chi connectivity index (χ2n) is 9.84. The molecule has 0 spiro atoms. The molecule has 34 heavy (non-hydrogen) atoms. The van der Waals surface area contributed by atoms with Gasteiger partial charge < -0.3 is 15.1 Å². The second kappa shape index (κ2) is 10.5. The Kier molecular flexibility index (Phi) is 7.04. The van der Waals surface area contributed by atoms with Crippen LogP contribution in [-0.2, 0) is 17.6 Å². The smallest absolute Gasteiger partial charge is 0.220 e. The predicted octanol–water partition coefficient (Wildman–Crippen LogP) is 2.73. The molecule has 5 rings (SSSR count). The van der Waals surface area contributed by atoms with E-state index in [9.17, 15) is 4.79 Å². The summed E-state index contributed by atoms with van der Waals surface area (Å²) in [6, 6.07) is 15.0. The summed E-state index contributed by atoms with van der Waals surface area (Å²) < 4.78 is 1.80. The molecule has 0 unspecified atom stereocenters. The minimum Gasteiger partial charge on any atom is -0.353 e. The van der Waals surface area contributed by atoms with Crippen LogP contribution in [-0.4, -0.2) is 69.9 Å². The van der Waals surface area contributed by atoms with Crippen molar-refractivity contribution in [1.82, 2.24) is 30.0 Å². The zero-order chi connectivity index (χ0) is 23.3. The van der Waals surface area contributed by atoms with E-state index in [1.54, 1.807) is 4.52 Å². The van der Waals surface area contributed by atoms with Crippen LogP contribution in [0.1, 0.15) is 43.5 Å². The fourth-order valence-electron chi connectivity index (χ4n) is 5.17. The molecule has 2 fully saturated rings. The molecule has 1 amide bonds. The molecule has 2 aliphatic rings. The van der Waals surface area contributed by atoms with E-state index >= 15 is 0 Å². The first kappa shape index (κ1) is 22.8. The van der Waals surface area contributed by atoms with Gasteiger partial charge >= 0.3 is 0 Å². The number of rotatable bonds is 7. The summed E-state index contributed by atoms with van der Waals surface area (Å²) in [5.74, 6) is 2.50. The topological polar surface area (TPSA) is 78.7 Å². The number of piperazine rings is 1. The molecule has 1 N–H and O–H groups in total. The highest BCUT2D eigenvalue weighted by atomic mass is 16.1. The number of likely N-dealkylation sites (N-methyl/N-ethyl adjacent to an activating group) is 1. The highest BCUT2D eigenvalue weighted by Crippen LogP contribution is 2.27. The molecule has 8 nitrogen and oxygen atoms in total. The van der Waals surface area contributed by atoms with E-state index in [4.69, 9.17) is 5.10 Å². The minimum atomic E-state index is 0.0958. The lowest BCUT2D eigenvalue weighted by molar-refractivity contribution is -0.122. The molecular formula is C26H35N7O. The number of nitrogens with one attached hydrogen (secondary N) is 1. The standard InChI is InChI=1S/C26H35N7O/c1-31-15-17-32(18-16-31)25-12-11-23-28-29-24(33(23)30-25)13-14-26(34)27-22-9-7-21(8-10-22)19-20-5-3-2-4-6-20/h2-6,11-12,21-22H,7-10,13-19H2,1H3,(H,27,34). The number of nitrogens with zero attached hydrogens (tertiary/aromatic N) is 6. The largest absolute Gasteiger partial charge is 0.353 e. The Morgan fingerprint density at radius 1 is 0.971 bits per heavy atom. The highest BCUT2D eigenvalue weighted by molar-refractivity contribution is 5.76. The molecule has 1 aliphatic carbocycles. The van der Waals surface area contributed by atoms with Crippen molar-refractivity contribution in [3.63, 3.8) is 0 Å². The Morgan fingerprint density at radius 2 is 1.74 bits per heavy atom. The fraction of sp³-hybridized carbons (Fsp3) is 0.538. The average Bonchev–Trinajstić information content (AvgIpc) is 3.27. The van der Waals surface area contributed by atoms with E-state index in [0.29, 0.717) is 12.8 Å². The average molecular weight is 462 g/mol. The lowest BCUT2D eigenvalue weighted by Gasteiger charge is -2.33. The Labute approximate surface area is 201 Å². The number of aryl methyl sites for hydroxylation is 1. The maximum Gasteiger partial charge on any atom is 0.220 e. The molecule has 1 aromatic carbocycles. The first-order chi connectivity index (χ1) is 16.6. The van der Waals surface area contributed by atoms with Gasteiger partial charge in [-0.05, 0) is 62.8 Å². The summed E-state index contributed by atoms with van der Waals surface area (Å²) in [5.41, 5.74) is 2.14. The summed E-state index contributed by atoms with van der Waals surface area (Å²) in [7, 11) is 2.15. The third-order valence-corrected chi connectivity index (χ3v) is 7.30. The highest BCUT2D eigenvalue weighted by Gasteiger charge is 2.23. The van der Waals surface area contributed by atoms with E-state index < -0.39 is 0 Å². The van der Waals surface area contributed by atoms with Crippen LogP contribution >= 0.6 is 0 Å². The first-order valence-electron chi connectivity index (χ1n) is 12.6. The number of hydrogen-bond donors (Lipinski definition) is 1. The van der Waals surface area contributed by atoms with Crippen LogP contribution in [0, 0.1) is 5.92 Å². The van der Waals surface area contributed by atoms with Crippen LogP contribution in [0.15, 0.2) is 42.5 Å². The molecular weight excluding hydrogens is 426 g/mol. The van der Waals surface area contributed by atoms with Crippen molar-refractivity contribution in [2.24, 2.45) is 5.92 Å². The van der Waals surface area contributed by atoms with Crippen molar-refractivity contribution in [3.05, 3.63) is 53.9 Å². The third kappa shape index (κ3) is 5.55. The van der Waals surface area contributed by atoms with Gasteiger partial charge in [0.05, 0.1) is 0 Å². The van der Waals surface area contributed by atoms with Crippen LogP contribution in [0.25, 0.3) is 5.65 Å². The molecule has 0 atom stereocenters. The molecule has 2 aromatic heterocycles. The Bertz CT molecular complexity index is 1080. The van der Waals surface area contributed by atoms with Crippen molar-refractivity contribution in [1.29, 1.82) is 0 Å². The van der Waals surface area contributed by atoms with Crippen LogP contribution in [0.5, 0.6) is 0 Å². The summed E-state index contributed by atoms with van der Waals surface area (Å²) in [6.07, 6.45) is 6.56. The van der Waals surface area contributed by atoms with E-state index in [-0.39, 0.29) is 11.9 Å². The summed E-state index contributed by atoms with van der Waals surface area (Å²) >= 11 is 0. The van der Waals surface area contributed by atoms with Crippen molar-refractivity contribution in [2.75, 3.05) is 38.1 Å². The van der Waals surface area contributed by atoms with Crippen LogP contribution in [0.2, 0.25) is 0 Å². The van der Waals surface area contributed by atoms with E-state index in [1.807, 2.05) is 12.1 Å². The van der Waals surface area contributed by atoms with Gasteiger partial charge in [0, 0.05) is 45.1 Å². The summed E-state index contributed by atoms with van der Waals surface area (Å²) in [6.45, 7) is 3.98. The van der Waals surface area contributed by atoms with Crippen LogP contribution in [0.3, 0.4) is 0 Å². The zero-order valence-corrected chi connectivity index (χ0v) is 20.1. The van der Waals surface area contributed by atoms with Gasteiger partial charge in [-0.15, -0.1) is 15.3 Å².